The predicted octanol–water partition coefficient (Wildman–Crippen LogP) is 3.18. The Bertz CT molecular complexity index is 1000. The molecule has 2 aromatic rings. The summed E-state index contributed by atoms with van der Waals surface area (Å²) in [5.74, 6) is 0.998. The molecule has 148 valence electrons. The number of para-hydroxylation sites is 1. The number of rotatable bonds is 2. The van der Waals surface area contributed by atoms with Crippen molar-refractivity contribution in [2.75, 3.05) is 18.4 Å². The van der Waals surface area contributed by atoms with Gasteiger partial charge in [-0.1, -0.05) is 48.5 Å². The van der Waals surface area contributed by atoms with Crippen molar-refractivity contribution >= 4 is 23.5 Å². The summed E-state index contributed by atoms with van der Waals surface area (Å²) < 4.78 is 0. The summed E-state index contributed by atoms with van der Waals surface area (Å²) in [6.45, 7) is 3.21. The van der Waals surface area contributed by atoms with Gasteiger partial charge in [0.25, 0.3) is 5.91 Å². The second kappa shape index (κ2) is 6.72. The zero-order valence-corrected chi connectivity index (χ0v) is 16.4. The monoisotopic (exact) mass is 388 g/mol. The Balaban J connectivity index is 1.36. The zero-order chi connectivity index (χ0) is 20.0. The zero-order valence-electron chi connectivity index (χ0n) is 16.4. The quantitative estimate of drug-likeness (QED) is 0.829. The average Bonchev–Trinajstić information content (AvgIpc) is 3.40. The fourth-order valence-electron chi connectivity index (χ4n) is 5.02. The van der Waals surface area contributed by atoms with Crippen LogP contribution in [0.15, 0.2) is 59.6 Å². The number of fused-ring (bicyclic) bond motifs is 2. The van der Waals surface area contributed by atoms with Gasteiger partial charge in [0, 0.05) is 30.3 Å². The second-order valence-corrected chi connectivity index (χ2v) is 8.26. The maximum absolute atomic E-state index is 13.0. The van der Waals surface area contributed by atoms with Gasteiger partial charge in [0.05, 0.1) is 0 Å². The molecular formula is C23H24N4O2. The van der Waals surface area contributed by atoms with E-state index in [2.05, 4.69) is 10.6 Å². The van der Waals surface area contributed by atoms with Crippen LogP contribution < -0.4 is 10.6 Å². The molecule has 1 spiro atoms. The first kappa shape index (κ1) is 17.9. The van der Waals surface area contributed by atoms with Gasteiger partial charge in [0.1, 0.15) is 11.4 Å². The van der Waals surface area contributed by atoms with Crippen molar-refractivity contribution in [1.82, 2.24) is 10.2 Å². The molecule has 3 atom stereocenters. The van der Waals surface area contributed by atoms with E-state index in [-0.39, 0.29) is 17.9 Å². The number of hydrogen-bond donors (Lipinski definition) is 2. The molecule has 1 aliphatic carbocycles. The first-order valence-electron chi connectivity index (χ1n) is 10.1. The van der Waals surface area contributed by atoms with Crippen molar-refractivity contribution in [2.24, 2.45) is 16.8 Å². The third kappa shape index (κ3) is 2.90. The van der Waals surface area contributed by atoms with Gasteiger partial charge in [-0.15, -0.1) is 0 Å². The highest BCUT2D eigenvalue weighted by molar-refractivity contribution is 6.15. The summed E-state index contributed by atoms with van der Waals surface area (Å²) in [7, 11) is 0. The van der Waals surface area contributed by atoms with Gasteiger partial charge >= 0.3 is 6.03 Å². The van der Waals surface area contributed by atoms with E-state index in [9.17, 15) is 9.59 Å². The molecule has 0 aromatic heterocycles. The lowest BCUT2D eigenvalue weighted by molar-refractivity contribution is -0.124. The third-order valence-corrected chi connectivity index (χ3v) is 6.61. The van der Waals surface area contributed by atoms with Crippen LogP contribution >= 0.6 is 0 Å². The van der Waals surface area contributed by atoms with E-state index in [0.717, 1.165) is 29.7 Å². The van der Waals surface area contributed by atoms with Gasteiger partial charge in [-0.05, 0) is 37.3 Å². The van der Waals surface area contributed by atoms with Crippen LogP contribution in [-0.4, -0.2) is 41.3 Å². The van der Waals surface area contributed by atoms with Crippen molar-refractivity contribution in [3.05, 3.63) is 65.7 Å². The summed E-state index contributed by atoms with van der Waals surface area (Å²) in [5, 5.41) is 6.02. The van der Waals surface area contributed by atoms with Gasteiger partial charge < -0.3 is 15.5 Å². The van der Waals surface area contributed by atoms with E-state index in [4.69, 9.17) is 4.99 Å². The van der Waals surface area contributed by atoms with Crippen molar-refractivity contribution < 1.29 is 9.59 Å². The fourth-order valence-corrected chi connectivity index (χ4v) is 5.02. The maximum atomic E-state index is 13.0. The van der Waals surface area contributed by atoms with Crippen LogP contribution in [0.4, 0.5) is 10.5 Å². The van der Waals surface area contributed by atoms with E-state index >= 15 is 0 Å². The van der Waals surface area contributed by atoms with Crippen LogP contribution in [0.3, 0.4) is 0 Å². The van der Waals surface area contributed by atoms with Crippen LogP contribution in [0.2, 0.25) is 0 Å². The lowest BCUT2D eigenvalue weighted by Gasteiger charge is -2.26. The maximum Gasteiger partial charge on any atom is 0.321 e. The number of benzene rings is 2. The minimum absolute atomic E-state index is 0.0231. The highest BCUT2D eigenvalue weighted by Gasteiger charge is 2.59. The third-order valence-electron chi connectivity index (χ3n) is 6.61. The van der Waals surface area contributed by atoms with Crippen molar-refractivity contribution in [3.8, 4) is 0 Å². The number of aryl methyl sites for hydroxylation is 1. The van der Waals surface area contributed by atoms with E-state index in [1.807, 2.05) is 66.4 Å². The van der Waals surface area contributed by atoms with Gasteiger partial charge in [0.2, 0.25) is 0 Å². The molecule has 2 N–H and O–H groups in total. The van der Waals surface area contributed by atoms with Gasteiger partial charge in [-0.2, -0.15) is 0 Å². The van der Waals surface area contributed by atoms with Gasteiger partial charge in [-0.3, -0.25) is 9.79 Å². The lowest BCUT2D eigenvalue weighted by Crippen LogP contribution is -2.45. The van der Waals surface area contributed by atoms with E-state index < -0.39 is 5.54 Å². The number of hydrogen-bond acceptors (Lipinski definition) is 3. The molecule has 0 bridgehead atoms. The molecule has 5 rings (SSSR count). The largest absolute Gasteiger partial charge is 0.324 e. The Morgan fingerprint density at radius 2 is 1.90 bits per heavy atom. The normalized spacial score (nSPS) is 27.7. The number of amides is 3. The Hall–Kier alpha value is -3.15. The number of urea groups is 1. The number of amidine groups is 1. The fraction of sp³-hybridized carbons (Fsp3) is 0.348. The minimum atomic E-state index is -0.743. The number of aliphatic imine (C=N–C) groups is 1. The Kier molecular flexibility index (Phi) is 4.15. The summed E-state index contributed by atoms with van der Waals surface area (Å²) in [5.41, 5.74) is 2.04. The first-order valence-corrected chi connectivity index (χ1v) is 10.1. The number of carbonyl (C=O) groups excluding carboxylic acids is 2. The van der Waals surface area contributed by atoms with Gasteiger partial charge in [0.15, 0.2) is 0 Å². The Labute approximate surface area is 170 Å². The topological polar surface area (TPSA) is 73.8 Å². The van der Waals surface area contributed by atoms with Crippen LogP contribution in [-0.2, 0) is 4.79 Å². The number of nitrogens with one attached hydrogen (secondary N) is 2. The summed E-state index contributed by atoms with van der Waals surface area (Å²) in [4.78, 5) is 32.6. The van der Waals surface area contributed by atoms with E-state index in [0.29, 0.717) is 24.8 Å². The summed E-state index contributed by atoms with van der Waals surface area (Å²) in [6, 6.07) is 17.4. The molecule has 2 heterocycles. The molecule has 6 heteroatoms. The molecule has 2 aromatic carbocycles. The molecule has 0 radical (unpaired) electrons. The second-order valence-electron chi connectivity index (χ2n) is 8.26. The molecular weight excluding hydrogens is 364 g/mol. The molecule has 3 amide bonds. The highest BCUT2D eigenvalue weighted by Crippen LogP contribution is 2.49. The van der Waals surface area contributed by atoms with Crippen molar-refractivity contribution in [3.63, 3.8) is 0 Å². The SMILES string of the molecule is Cc1ccccc1NC(=O)N1C[C@H]2CC[C@@]3(N=C(c4ccccc4)NC3=O)[C@@H]2C1. The van der Waals surface area contributed by atoms with Crippen LogP contribution in [0.1, 0.15) is 24.0 Å². The molecule has 2 aliphatic heterocycles. The molecule has 3 aliphatic rings. The average molecular weight is 388 g/mol. The van der Waals surface area contributed by atoms with E-state index in [1.165, 1.54) is 0 Å². The lowest BCUT2D eigenvalue weighted by atomic mass is 9.85. The number of carbonyl (C=O) groups is 2. The highest BCUT2D eigenvalue weighted by atomic mass is 16.2. The Morgan fingerprint density at radius 1 is 1.14 bits per heavy atom. The predicted molar refractivity (Wildman–Crippen MR) is 112 cm³/mol. The van der Waals surface area contributed by atoms with Crippen molar-refractivity contribution in [1.29, 1.82) is 0 Å². The van der Waals surface area contributed by atoms with Crippen LogP contribution in [0.5, 0.6) is 0 Å². The van der Waals surface area contributed by atoms with Crippen LogP contribution in [0.25, 0.3) is 0 Å². The first-order chi connectivity index (χ1) is 14.1. The molecule has 29 heavy (non-hydrogen) atoms. The summed E-state index contributed by atoms with van der Waals surface area (Å²) >= 11 is 0. The number of nitrogens with zero attached hydrogens (tertiary/aromatic N) is 2. The van der Waals surface area contributed by atoms with Crippen LogP contribution in [0, 0.1) is 18.8 Å². The molecule has 0 unspecified atom stereocenters. The summed E-state index contributed by atoms with van der Waals surface area (Å²) in [6.07, 6.45) is 1.66. The molecule has 1 saturated carbocycles. The van der Waals surface area contributed by atoms with Crippen molar-refractivity contribution in [2.45, 2.75) is 25.3 Å². The molecule has 6 nitrogen and oxygen atoms in total. The van der Waals surface area contributed by atoms with Gasteiger partial charge in [-0.25, -0.2) is 4.79 Å². The molecule has 2 fully saturated rings. The number of anilines is 1. The van der Waals surface area contributed by atoms with E-state index in [1.54, 1.807) is 0 Å². The number of likely N-dealkylation sites (tertiary alicyclic amines) is 1. The molecule has 1 saturated heterocycles. The minimum Gasteiger partial charge on any atom is -0.324 e. The Morgan fingerprint density at radius 3 is 2.69 bits per heavy atom. The smallest absolute Gasteiger partial charge is 0.321 e. The standard InChI is InChI=1S/C23H24N4O2/c1-15-7-5-6-10-19(15)24-22(29)27-13-17-11-12-23(18(17)14-27)21(28)25-20(26-23)16-8-3-2-4-9-16/h2-10,17-18H,11-14H2,1H3,(H,24,29)(H,25,26,28)/t17-,18-,23-/m1/s1.